The first-order chi connectivity index (χ1) is 15.5. The largest absolute Gasteiger partial charge is 0.383 e. The van der Waals surface area contributed by atoms with E-state index in [1.165, 1.54) is 12.1 Å². The van der Waals surface area contributed by atoms with E-state index in [1.54, 1.807) is 35.1 Å². The quantitative estimate of drug-likeness (QED) is 0.491. The number of rotatable bonds is 4. The van der Waals surface area contributed by atoms with E-state index in [2.05, 4.69) is 30.9 Å². The second-order valence-corrected chi connectivity index (χ2v) is 7.44. The molecule has 164 valence electrons. The highest BCUT2D eigenvalue weighted by atomic mass is 19.2. The molecule has 3 N–H and O–H groups in total. The number of hydrogen-bond donors (Lipinski definition) is 2. The minimum absolute atomic E-state index is 0.118. The monoisotopic (exact) mass is 438 g/mol. The molecule has 1 saturated heterocycles. The molecule has 1 aliphatic rings. The first-order valence-electron chi connectivity index (χ1n) is 10.0. The van der Waals surface area contributed by atoms with Crippen LogP contribution in [-0.4, -0.2) is 61.2 Å². The van der Waals surface area contributed by atoms with Gasteiger partial charge in [0.2, 0.25) is 0 Å². The van der Waals surface area contributed by atoms with E-state index in [9.17, 15) is 4.39 Å². The van der Waals surface area contributed by atoms with Crippen LogP contribution in [0, 0.1) is 11.6 Å². The number of nitrogens with two attached hydrogens (primary N) is 1. The van der Waals surface area contributed by atoms with E-state index in [0.29, 0.717) is 31.7 Å². The topological polar surface area (TPSA) is 116 Å². The van der Waals surface area contributed by atoms with Crippen molar-refractivity contribution in [1.29, 1.82) is 0 Å². The van der Waals surface area contributed by atoms with Crippen molar-refractivity contribution in [2.45, 2.75) is 0 Å². The molecule has 4 aromatic rings. The van der Waals surface area contributed by atoms with Gasteiger partial charge in [0.05, 0.1) is 17.4 Å². The van der Waals surface area contributed by atoms with E-state index < -0.39 is 11.6 Å². The standard InChI is InChI=1S/C20H20F2N10/c1-30-11-13(10-26-30)12-8-14(19(23)25-9-12)20-27-28-29-32(20)16-3-2-15(17(21)18(16)22)31-6-4-24-5-7-31/h2-3,8-11,24H,4-7H2,1H3,(H2,23,25). The van der Waals surface area contributed by atoms with E-state index >= 15 is 4.39 Å². The lowest BCUT2D eigenvalue weighted by Crippen LogP contribution is -2.44. The maximum atomic E-state index is 15.1. The number of nitrogens with zero attached hydrogens (tertiary/aromatic N) is 8. The summed E-state index contributed by atoms with van der Waals surface area (Å²) in [5.41, 5.74) is 8.11. The van der Waals surface area contributed by atoms with Gasteiger partial charge in [0.1, 0.15) is 11.5 Å². The number of piperazine rings is 1. The normalized spacial score (nSPS) is 14.2. The van der Waals surface area contributed by atoms with Gasteiger partial charge in [0.25, 0.3) is 0 Å². The average Bonchev–Trinajstić information content (AvgIpc) is 3.46. The van der Waals surface area contributed by atoms with Gasteiger partial charge in [-0.05, 0) is 28.6 Å². The summed E-state index contributed by atoms with van der Waals surface area (Å²) >= 11 is 0. The molecule has 1 aliphatic heterocycles. The summed E-state index contributed by atoms with van der Waals surface area (Å²) in [6.07, 6.45) is 5.11. The molecule has 0 bridgehead atoms. The summed E-state index contributed by atoms with van der Waals surface area (Å²) in [5, 5.41) is 18.9. The minimum Gasteiger partial charge on any atom is -0.383 e. The molecule has 0 spiro atoms. The van der Waals surface area contributed by atoms with Crippen LogP contribution in [0.2, 0.25) is 0 Å². The molecular formula is C20H20F2N10. The van der Waals surface area contributed by atoms with Gasteiger partial charge in [0, 0.05) is 56.7 Å². The van der Waals surface area contributed by atoms with Gasteiger partial charge in [-0.25, -0.2) is 13.8 Å². The Balaban J connectivity index is 1.57. The number of hydrogen-bond acceptors (Lipinski definition) is 8. The molecule has 0 unspecified atom stereocenters. The molecule has 4 heterocycles. The summed E-state index contributed by atoms with van der Waals surface area (Å²) < 4.78 is 32.9. The number of pyridine rings is 1. The first kappa shape index (κ1) is 20.0. The Bertz CT molecular complexity index is 1280. The number of benzene rings is 1. The molecule has 0 saturated carbocycles. The van der Waals surface area contributed by atoms with Crippen LogP contribution in [0.5, 0.6) is 0 Å². The summed E-state index contributed by atoms with van der Waals surface area (Å²) in [7, 11) is 1.80. The lowest BCUT2D eigenvalue weighted by atomic mass is 10.1. The Morgan fingerprint density at radius 3 is 2.53 bits per heavy atom. The van der Waals surface area contributed by atoms with Gasteiger partial charge in [-0.1, -0.05) is 0 Å². The van der Waals surface area contributed by atoms with Crippen molar-refractivity contribution < 1.29 is 8.78 Å². The molecule has 12 heteroatoms. The average molecular weight is 438 g/mol. The van der Waals surface area contributed by atoms with Crippen LogP contribution in [0.25, 0.3) is 28.2 Å². The SMILES string of the molecule is Cn1cc(-c2cnc(N)c(-c3nnnn3-c3ccc(N4CCNCC4)c(F)c3F)c2)cn1. The zero-order valence-corrected chi connectivity index (χ0v) is 17.2. The molecule has 0 aliphatic carbocycles. The number of aromatic nitrogens is 7. The van der Waals surface area contributed by atoms with Gasteiger partial charge in [-0.15, -0.1) is 5.10 Å². The maximum absolute atomic E-state index is 15.1. The van der Waals surface area contributed by atoms with Crippen LogP contribution in [0.3, 0.4) is 0 Å². The van der Waals surface area contributed by atoms with Crippen molar-refractivity contribution in [3.8, 4) is 28.2 Å². The van der Waals surface area contributed by atoms with Gasteiger partial charge in [0.15, 0.2) is 17.5 Å². The van der Waals surface area contributed by atoms with Gasteiger partial charge >= 0.3 is 0 Å². The van der Waals surface area contributed by atoms with Gasteiger partial charge < -0.3 is 16.0 Å². The van der Waals surface area contributed by atoms with Crippen molar-refractivity contribution in [3.63, 3.8) is 0 Å². The highest BCUT2D eigenvalue weighted by Gasteiger charge is 2.24. The summed E-state index contributed by atoms with van der Waals surface area (Å²) in [6.45, 7) is 2.60. The van der Waals surface area contributed by atoms with Gasteiger partial charge in [-0.2, -0.15) is 9.78 Å². The Morgan fingerprint density at radius 1 is 1.03 bits per heavy atom. The maximum Gasteiger partial charge on any atom is 0.190 e. The van der Waals surface area contributed by atoms with Crippen LogP contribution in [0.1, 0.15) is 0 Å². The Kier molecular flexibility index (Phi) is 4.98. The Labute approximate surface area is 181 Å². The second kappa shape index (κ2) is 7.96. The molecule has 0 radical (unpaired) electrons. The van der Waals surface area contributed by atoms with Crippen LogP contribution in [-0.2, 0) is 7.05 Å². The molecular weight excluding hydrogens is 418 g/mol. The Hall–Kier alpha value is -3.93. The molecule has 1 fully saturated rings. The first-order valence-corrected chi connectivity index (χ1v) is 10.0. The highest BCUT2D eigenvalue weighted by Crippen LogP contribution is 2.31. The number of tetrazole rings is 1. The third-order valence-corrected chi connectivity index (χ3v) is 5.39. The van der Waals surface area contributed by atoms with E-state index in [4.69, 9.17) is 5.73 Å². The highest BCUT2D eigenvalue weighted by molar-refractivity contribution is 5.76. The smallest absolute Gasteiger partial charge is 0.190 e. The molecule has 0 amide bonds. The fraction of sp³-hybridized carbons (Fsp3) is 0.250. The third kappa shape index (κ3) is 3.43. The number of aryl methyl sites for hydroxylation is 1. The van der Waals surface area contributed by atoms with Crippen LogP contribution < -0.4 is 16.0 Å². The fourth-order valence-electron chi connectivity index (χ4n) is 3.74. The molecule has 5 rings (SSSR count). The molecule has 3 aromatic heterocycles. The molecule has 32 heavy (non-hydrogen) atoms. The minimum atomic E-state index is -1.04. The number of nitrogen functional groups attached to an aromatic ring is 1. The molecule has 0 atom stereocenters. The predicted molar refractivity (Wildman–Crippen MR) is 114 cm³/mol. The van der Waals surface area contributed by atoms with Crippen molar-refractivity contribution >= 4 is 11.5 Å². The zero-order chi connectivity index (χ0) is 22.2. The number of halogens is 2. The summed E-state index contributed by atoms with van der Waals surface area (Å²) in [4.78, 5) is 6.03. The van der Waals surface area contributed by atoms with E-state index in [-0.39, 0.29) is 23.0 Å². The van der Waals surface area contributed by atoms with Crippen molar-refractivity contribution in [3.05, 3.63) is 48.4 Å². The second-order valence-electron chi connectivity index (χ2n) is 7.44. The summed E-state index contributed by atoms with van der Waals surface area (Å²) in [5.74, 6) is -1.67. The fourth-order valence-corrected chi connectivity index (χ4v) is 3.74. The number of nitrogens with one attached hydrogen (secondary N) is 1. The van der Waals surface area contributed by atoms with Crippen LogP contribution in [0.15, 0.2) is 36.8 Å². The van der Waals surface area contributed by atoms with E-state index in [0.717, 1.165) is 15.8 Å². The molecule has 1 aromatic carbocycles. The number of anilines is 2. The van der Waals surface area contributed by atoms with E-state index in [1.807, 2.05) is 6.20 Å². The predicted octanol–water partition coefficient (Wildman–Crippen LogP) is 1.39. The van der Waals surface area contributed by atoms with Crippen LogP contribution in [0.4, 0.5) is 20.3 Å². The van der Waals surface area contributed by atoms with Crippen molar-refractivity contribution in [2.24, 2.45) is 7.05 Å². The lowest BCUT2D eigenvalue weighted by Gasteiger charge is -2.30. The Morgan fingerprint density at radius 2 is 1.78 bits per heavy atom. The molecule has 10 nitrogen and oxygen atoms in total. The zero-order valence-electron chi connectivity index (χ0n) is 17.2. The third-order valence-electron chi connectivity index (χ3n) is 5.39. The van der Waals surface area contributed by atoms with Gasteiger partial charge in [-0.3, -0.25) is 4.68 Å². The van der Waals surface area contributed by atoms with Crippen molar-refractivity contribution in [1.82, 2.24) is 40.3 Å². The summed E-state index contributed by atoms with van der Waals surface area (Å²) in [6, 6.07) is 4.74. The van der Waals surface area contributed by atoms with Crippen LogP contribution >= 0.6 is 0 Å². The van der Waals surface area contributed by atoms with Crippen molar-refractivity contribution in [2.75, 3.05) is 36.8 Å². The lowest BCUT2D eigenvalue weighted by molar-refractivity contribution is 0.493.